The molecule has 0 saturated heterocycles. The van der Waals surface area contributed by atoms with Crippen LogP contribution in [0.15, 0.2) is 52.4 Å². The number of carbonyl (C=O) groups excluding carboxylic acids is 1. The topological polar surface area (TPSA) is 34.4 Å². The van der Waals surface area contributed by atoms with Crippen LogP contribution in [-0.2, 0) is 18.3 Å². The van der Waals surface area contributed by atoms with E-state index in [0.29, 0.717) is 6.42 Å². The van der Waals surface area contributed by atoms with Gasteiger partial charge in [0.05, 0.1) is 16.6 Å². The highest BCUT2D eigenvalue weighted by Gasteiger charge is 2.06. The highest BCUT2D eigenvalue weighted by atomic mass is 32.2. The van der Waals surface area contributed by atoms with Crippen LogP contribution >= 0.6 is 23.1 Å². The Balaban J connectivity index is 1.88. The van der Waals surface area contributed by atoms with E-state index in [1.54, 1.807) is 23.1 Å². The Morgan fingerprint density at radius 2 is 1.96 bits per heavy atom. The first kappa shape index (κ1) is 16.0. The number of fused-ring (bicyclic) bond motifs is 1. The maximum atomic E-state index is 12.3. The number of benzene rings is 2. The Hall–Kier alpha value is -1.85. The number of nitrogens with zero attached hydrogens (tertiary/aromatic N) is 2. The van der Waals surface area contributed by atoms with Gasteiger partial charge >= 0.3 is 0 Å². The van der Waals surface area contributed by atoms with Crippen LogP contribution < -0.4 is 4.80 Å². The lowest BCUT2D eigenvalue weighted by Crippen LogP contribution is -2.14. The molecule has 0 radical (unpaired) electrons. The minimum Gasteiger partial charge on any atom is -0.319 e. The van der Waals surface area contributed by atoms with Gasteiger partial charge in [0.2, 0.25) is 0 Å². The van der Waals surface area contributed by atoms with Crippen molar-refractivity contribution in [3.05, 3.63) is 58.4 Å². The molecule has 3 rings (SSSR count). The third-order valence-electron chi connectivity index (χ3n) is 3.70. The fourth-order valence-corrected chi connectivity index (χ4v) is 3.95. The Bertz CT molecular complexity index is 920. The summed E-state index contributed by atoms with van der Waals surface area (Å²) in [5.74, 6) is -0.110. The molecule has 0 saturated carbocycles. The summed E-state index contributed by atoms with van der Waals surface area (Å²) in [6.45, 7) is 2.07. The molecule has 2 aromatic carbocycles. The van der Waals surface area contributed by atoms with Crippen LogP contribution in [0.25, 0.3) is 10.2 Å². The average molecular weight is 342 g/mol. The summed E-state index contributed by atoms with van der Waals surface area (Å²) in [6.07, 6.45) is 2.38. The van der Waals surface area contributed by atoms with Gasteiger partial charge in [-0.25, -0.2) is 0 Å². The minimum atomic E-state index is -0.110. The van der Waals surface area contributed by atoms with Crippen molar-refractivity contribution in [1.82, 2.24) is 4.57 Å². The predicted octanol–water partition coefficient (Wildman–Crippen LogP) is 3.94. The molecule has 3 nitrogen and oxygen atoms in total. The van der Waals surface area contributed by atoms with Crippen molar-refractivity contribution in [3.8, 4) is 0 Å². The van der Waals surface area contributed by atoms with E-state index >= 15 is 0 Å². The second-order valence-electron chi connectivity index (χ2n) is 5.45. The van der Waals surface area contributed by atoms with Crippen molar-refractivity contribution in [1.29, 1.82) is 0 Å². The molecule has 0 aliphatic heterocycles. The zero-order chi connectivity index (χ0) is 16.4. The van der Waals surface area contributed by atoms with Crippen molar-refractivity contribution < 1.29 is 4.79 Å². The fourth-order valence-electron chi connectivity index (χ4n) is 2.41. The van der Waals surface area contributed by atoms with E-state index in [1.807, 2.05) is 42.1 Å². The minimum absolute atomic E-state index is 0.110. The molecule has 0 bridgehead atoms. The van der Waals surface area contributed by atoms with Crippen molar-refractivity contribution in [2.24, 2.45) is 12.0 Å². The maximum Gasteiger partial charge on any atom is 0.252 e. The highest BCUT2D eigenvalue weighted by Crippen LogP contribution is 2.18. The van der Waals surface area contributed by atoms with E-state index in [1.165, 1.54) is 10.5 Å². The Labute approximate surface area is 143 Å². The summed E-state index contributed by atoms with van der Waals surface area (Å²) in [4.78, 5) is 18.5. The quantitative estimate of drug-likeness (QED) is 0.676. The largest absolute Gasteiger partial charge is 0.319 e. The van der Waals surface area contributed by atoms with Crippen LogP contribution in [0.4, 0.5) is 0 Å². The van der Waals surface area contributed by atoms with Crippen LogP contribution in [0.2, 0.25) is 0 Å². The molecule has 0 fully saturated rings. The van der Waals surface area contributed by atoms with Gasteiger partial charge in [0.1, 0.15) is 0 Å². The van der Waals surface area contributed by atoms with E-state index in [9.17, 15) is 4.79 Å². The van der Waals surface area contributed by atoms with Gasteiger partial charge < -0.3 is 4.57 Å². The normalized spacial score (nSPS) is 12.0. The average Bonchev–Trinajstić information content (AvgIpc) is 2.83. The molecule has 1 heterocycles. The number of thioether (sulfide) groups is 1. The summed E-state index contributed by atoms with van der Waals surface area (Å²) in [6, 6.07) is 14.3. The second kappa shape index (κ2) is 6.72. The van der Waals surface area contributed by atoms with Crippen molar-refractivity contribution in [2.75, 3.05) is 6.26 Å². The van der Waals surface area contributed by atoms with Gasteiger partial charge in [0.25, 0.3) is 5.91 Å². The number of rotatable bonds is 3. The van der Waals surface area contributed by atoms with E-state index in [2.05, 4.69) is 30.1 Å². The molecule has 0 atom stereocenters. The summed E-state index contributed by atoms with van der Waals surface area (Å²) >= 11 is 3.25. The first-order chi connectivity index (χ1) is 11.1. The number of amides is 1. The Morgan fingerprint density at radius 1 is 1.22 bits per heavy atom. The third-order valence-corrected chi connectivity index (χ3v) is 5.54. The number of hydrogen-bond acceptors (Lipinski definition) is 3. The summed E-state index contributed by atoms with van der Waals surface area (Å²) in [5.41, 5.74) is 3.32. The highest BCUT2D eigenvalue weighted by molar-refractivity contribution is 7.98. The van der Waals surface area contributed by atoms with Crippen molar-refractivity contribution in [3.63, 3.8) is 0 Å². The molecule has 3 aromatic rings. The predicted molar refractivity (Wildman–Crippen MR) is 98.0 cm³/mol. The number of hydrogen-bond donors (Lipinski definition) is 0. The summed E-state index contributed by atoms with van der Waals surface area (Å²) in [5, 5.41) is 0. The van der Waals surface area contributed by atoms with E-state index in [4.69, 9.17) is 0 Å². The molecule has 1 amide bonds. The number of thiazole rings is 1. The second-order valence-corrected chi connectivity index (χ2v) is 7.33. The lowest BCUT2D eigenvalue weighted by Gasteiger charge is -1.99. The van der Waals surface area contributed by atoms with Gasteiger partial charge in [-0.05, 0) is 48.6 Å². The number of aryl methyl sites for hydroxylation is 2. The molecule has 118 valence electrons. The maximum absolute atomic E-state index is 12.3. The molecule has 1 aromatic heterocycles. The lowest BCUT2D eigenvalue weighted by atomic mass is 10.1. The van der Waals surface area contributed by atoms with Crippen LogP contribution in [-0.4, -0.2) is 16.7 Å². The Kier molecular flexibility index (Phi) is 4.68. The molecule has 5 heteroatoms. The zero-order valence-corrected chi connectivity index (χ0v) is 15.0. The summed E-state index contributed by atoms with van der Waals surface area (Å²) in [7, 11) is 1.95. The fraction of sp³-hybridized carbons (Fsp3) is 0.222. The standard InChI is InChI=1S/C18H18N2OS2/c1-12-4-9-15-16(10-12)23-18(20(15)2)19-17(21)11-13-5-7-14(22-3)8-6-13/h4-10H,11H2,1-3H3. The lowest BCUT2D eigenvalue weighted by molar-refractivity contribution is -0.117. The zero-order valence-electron chi connectivity index (χ0n) is 13.4. The van der Waals surface area contributed by atoms with Crippen LogP contribution in [0.1, 0.15) is 11.1 Å². The first-order valence-electron chi connectivity index (χ1n) is 7.33. The van der Waals surface area contributed by atoms with Crippen molar-refractivity contribution in [2.45, 2.75) is 18.2 Å². The van der Waals surface area contributed by atoms with Crippen LogP contribution in [0, 0.1) is 6.92 Å². The Morgan fingerprint density at radius 3 is 2.65 bits per heavy atom. The molecular weight excluding hydrogens is 324 g/mol. The van der Waals surface area contributed by atoms with Gasteiger partial charge in [-0.1, -0.05) is 29.5 Å². The monoisotopic (exact) mass is 342 g/mol. The molecule has 0 aliphatic carbocycles. The summed E-state index contributed by atoms with van der Waals surface area (Å²) < 4.78 is 3.14. The first-order valence-corrected chi connectivity index (χ1v) is 9.37. The van der Waals surface area contributed by atoms with E-state index in [-0.39, 0.29) is 5.91 Å². The smallest absolute Gasteiger partial charge is 0.252 e. The van der Waals surface area contributed by atoms with Crippen molar-refractivity contribution >= 4 is 39.2 Å². The number of aromatic nitrogens is 1. The SMILES string of the molecule is CSc1ccc(CC(=O)N=c2sc3cc(C)ccc3n2C)cc1. The van der Waals surface area contributed by atoms with Gasteiger partial charge in [0, 0.05) is 11.9 Å². The third kappa shape index (κ3) is 3.57. The van der Waals surface area contributed by atoms with Crippen LogP contribution in [0.3, 0.4) is 0 Å². The molecule has 0 aliphatic rings. The van der Waals surface area contributed by atoms with Gasteiger partial charge in [0.15, 0.2) is 4.80 Å². The van der Waals surface area contributed by atoms with Crippen LogP contribution in [0.5, 0.6) is 0 Å². The number of carbonyl (C=O) groups is 1. The van der Waals surface area contributed by atoms with E-state index in [0.717, 1.165) is 20.6 Å². The van der Waals surface area contributed by atoms with Gasteiger partial charge in [-0.3, -0.25) is 4.79 Å². The van der Waals surface area contributed by atoms with Gasteiger partial charge in [-0.15, -0.1) is 11.8 Å². The molecular formula is C18H18N2OS2. The molecule has 0 unspecified atom stereocenters. The molecule has 0 N–H and O–H groups in total. The van der Waals surface area contributed by atoms with E-state index < -0.39 is 0 Å². The molecule has 0 spiro atoms. The molecule has 23 heavy (non-hydrogen) atoms. The van der Waals surface area contributed by atoms with Gasteiger partial charge in [-0.2, -0.15) is 4.99 Å².